The lowest BCUT2D eigenvalue weighted by atomic mass is 9.67. The Morgan fingerprint density at radius 3 is 1.79 bits per heavy atom. The summed E-state index contributed by atoms with van der Waals surface area (Å²) in [5, 5.41) is 2.63. The molecule has 2 heterocycles. The Labute approximate surface area is 392 Å². The van der Waals surface area contributed by atoms with Crippen LogP contribution in [0.4, 0.5) is 0 Å². The Bertz CT molecular complexity index is 3400. The van der Waals surface area contributed by atoms with Crippen LogP contribution in [0.2, 0.25) is 0 Å². The second kappa shape index (κ2) is 16.9. The molecule has 2 heteroatoms. The summed E-state index contributed by atoms with van der Waals surface area (Å²) in [4.78, 5) is 6.10. The molecule has 0 radical (unpaired) electrons. The summed E-state index contributed by atoms with van der Waals surface area (Å²) >= 11 is 1.89. The van der Waals surface area contributed by atoms with Crippen LogP contribution in [0.3, 0.4) is 0 Å². The fourth-order valence-corrected chi connectivity index (χ4v) is 12.4. The van der Waals surface area contributed by atoms with E-state index < -0.39 is 5.41 Å². The van der Waals surface area contributed by atoms with E-state index in [-0.39, 0.29) is 12.0 Å². The van der Waals surface area contributed by atoms with E-state index in [9.17, 15) is 0 Å². The Morgan fingerprint density at radius 1 is 0.470 bits per heavy atom. The van der Waals surface area contributed by atoms with Crippen molar-refractivity contribution in [1.29, 1.82) is 0 Å². The Balaban J connectivity index is 1.10. The Hall–Kier alpha value is -7.39. The van der Waals surface area contributed by atoms with Crippen LogP contribution in [0, 0.1) is 5.92 Å². The SMILES string of the molecule is CCC1/C(c2ccc(-c3ccccc3)cc2)=C\CC/C(c2cc3c(cc2-c2ccc4c(c2)sc2ccccc24)-c2ccccc2C3(c2ccccc2)c2ccccc2)=N\C1c1ccccc1. The summed E-state index contributed by atoms with van der Waals surface area (Å²) < 4.78 is 2.63. The van der Waals surface area contributed by atoms with E-state index in [2.05, 4.69) is 237 Å². The van der Waals surface area contributed by atoms with Crippen molar-refractivity contribution in [2.24, 2.45) is 10.9 Å². The minimum Gasteiger partial charge on any atom is -0.280 e. The molecule has 10 aromatic rings. The Morgan fingerprint density at radius 2 is 1.06 bits per heavy atom. The van der Waals surface area contributed by atoms with E-state index in [1.54, 1.807) is 0 Å². The highest BCUT2D eigenvalue weighted by Gasteiger charge is 2.46. The molecule has 0 saturated heterocycles. The lowest BCUT2D eigenvalue weighted by Gasteiger charge is -2.34. The lowest BCUT2D eigenvalue weighted by molar-refractivity contribution is 0.519. The molecule has 0 fully saturated rings. The molecule has 1 aromatic heterocycles. The molecule has 2 unspecified atom stereocenters. The third kappa shape index (κ3) is 6.70. The van der Waals surface area contributed by atoms with Crippen LogP contribution >= 0.6 is 11.3 Å². The second-order valence-electron chi connectivity index (χ2n) is 17.9. The number of nitrogens with zero attached hydrogens (tertiary/aromatic N) is 1. The largest absolute Gasteiger partial charge is 0.280 e. The van der Waals surface area contributed by atoms with Gasteiger partial charge < -0.3 is 0 Å². The highest BCUT2D eigenvalue weighted by molar-refractivity contribution is 7.25. The van der Waals surface area contributed by atoms with Gasteiger partial charge in [0, 0.05) is 37.4 Å². The summed E-state index contributed by atoms with van der Waals surface area (Å²) in [7, 11) is 0. The first-order valence-electron chi connectivity index (χ1n) is 23.5. The van der Waals surface area contributed by atoms with Crippen LogP contribution < -0.4 is 0 Å². The summed E-state index contributed by atoms with van der Waals surface area (Å²) in [5.41, 5.74) is 18.5. The molecule has 1 nitrogen and oxygen atoms in total. The molecule has 2 atom stereocenters. The third-order valence-electron chi connectivity index (χ3n) is 14.3. The monoisotopic (exact) mass is 863 g/mol. The summed E-state index contributed by atoms with van der Waals surface area (Å²) in [6, 6.07) is 83.5. The number of allylic oxidation sites excluding steroid dienone is 1. The first-order chi connectivity index (χ1) is 32.7. The van der Waals surface area contributed by atoms with Crippen LogP contribution in [0.25, 0.3) is 59.1 Å². The smallest absolute Gasteiger partial charge is 0.0820 e. The van der Waals surface area contributed by atoms with Crippen molar-refractivity contribution in [2.45, 2.75) is 37.6 Å². The van der Waals surface area contributed by atoms with Crippen LogP contribution in [0.15, 0.2) is 236 Å². The first-order valence-corrected chi connectivity index (χ1v) is 24.3. The molecule has 0 N–H and O–H groups in total. The van der Waals surface area contributed by atoms with E-state index in [0.717, 1.165) is 25.0 Å². The molecule has 1 aliphatic carbocycles. The molecule has 0 bridgehead atoms. The number of fused-ring (bicyclic) bond motifs is 6. The minimum absolute atomic E-state index is 0.0806. The van der Waals surface area contributed by atoms with E-state index in [1.807, 2.05) is 11.3 Å². The standard InChI is InChI=1S/C64H49NS/c1-2-50-51(45-36-34-44(35-37-45)43-20-7-3-8-21-43)30-19-32-60(65-63(50)46-22-9-4-10-23-46)57-42-59-56(41-55(57)47-38-39-54-53-29-16-18-33-61(53)66-62(54)40-47)52-28-15-17-31-58(52)64(59,48-24-11-5-12-25-48)49-26-13-6-14-27-49/h3-18,20-31,33-42,50,63H,2,19,32H2,1H3/b51-30-,65-60+. The molecule has 9 aromatic carbocycles. The van der Waals surface area contributed by atoms with E-state index >= 15 is 0 Å². The number of rotatable bonds is 8. The molecule has 316 valence electrons. The fourth-order valence-electron chi connectivity index (χ4n) is 11.3. The second-order valence-corrected chi connectivity index (χ2v) is 19.0. The number of hydrogen-bond acceptors (Lipinski definition) is 2. The van der Waals surface area contributed by atoms with Crippen molar-refractivity contribution in [2.75, 3.05) is 0 Å². The molecule has 66 heavy (non-hydrogen) atoms. The van der Waals surface area contributed by atoms with Gasteiger partial charge in [-0.2, -0.15) is 0 Å². The van der Waals surface area contributed by atoms with Gasteiger partial charge in [-0.15, -0.1) is 11.3 Å². The molecule has 1 aliphatic heterocycles. The zero-order valence-corrected chi connectivity index (χ0v) is 37.9. The van der Waals surface area contributed by atoms with Gasteiger partial charge in [0.2, 0.25) is 0 Å². The van der Waals surface area contributed by atoms with Gasteiger partial charge in [0.15, 0.2) is 0 Å². The van der Waals surface area contributed by atoms with Crippen molar-refractivity contribution in [3.63, 3.8) is 0 Å². The Kier molecular flexibility index (Phi) is 10.3. The third-order valence-corrected chi connectivity index (χ3v) is 15.5. The molecule has 0 amide bonds. The molecule has 0 spiro atoms. The van der Waals surface area contributed by atoms with Crippen molar-refractivity contribution >= 4 is 42.8 Å². The van der Waals surface area contributed by atoms with Crippen molar-refractivity contribution in [3.05, 3.63) is 269 Å². The minimum atomic E-state index is -0.525. The van der Waals surface area contributed by atoms with Crippen LogP contribution in [0.1, 0.15) is 71.2 Å². The van der Waals surface area contributed by atoms with Gasteiger partial charge in [0.1, 0.15) is 0 Å². The predicted octanol–water partition coefficient (Wildman–Crippen LogP) is 17.2. The normalized spacial score (nSPS) is 18.1. The number of hydrogen-bond donors (Lipinski definition) is 0. The zero-order valence-electron chi connectivity index (χ0n) is 37.1. The maximum Gasteiger partial charge on any atom is 0.0820 e. The van der Waals surface area contributed by atoms with Crippen molar-refractivity contribution < 1.29 is 0 Å². The maximum atomic E-state index is 6.10. The van der Waals surface area contributed by atoms with E-state index in [1.165, 1.54) is 98.1 Å². The zero-order chi connectivity index (χ0) is 44.0. The molecule has 0 saturated carbocycles. The van der Waals surface area contributed by atoms with Gasteiger partial charge in [0.05, 0.1) is 11.5 Å². The number of thiophene rings is 1. The molecule has 2 aliphatic rings. The van der Waals surface area contributed by atoms with Crippen LogP contribution in [-0.4, -0.2) is 5.71 Å². The van der Waals surface area contributed by atoms with E-state index in [0.29, 0.717) is 0 Å². The summed E-state index contributed by atoms with van der Waals surface area (Å²) in [6.07, 6.45) is 5.21. The highest BCUT2D eigenvalue weighted by atomic mass is 32.1. The first kappa shape index (κ1) is 40.1. The quantitative estimate of drug-likeness (QED) is 0.144. The molecule has 12 rings (SSSR count). The van der Waals surface area contributed by atoms with Crippen molar-refractivity contribution in [1.82, 2.24) is 0 Å². The van der Waals surface area contributed by atoms with Gasteiger partial charge in [-0.05, 0) is 116 Å². The van der Waals surface area contributed by atoms with Gasteiger partial charge in [-0.1, -0.05) is 213 Å². The van der Waals surface area contributed by atoms with Gasteiger partial charge in [0.25, 0.3) is 0 Å². The van der Waals surface area contributed by atoms with Gasteiger partial charge in [-0.3, -0.25) is 4.99 Å². The van der Waals surface area contributed by atoms with Crippen LogP contribution in [-0.2, 0) is 5.41 Å². The van der Waals surface area contributed by atoms with Gasteiger partial charge >= 0.3 is 0 Å². The topological polar surface area (TPSA) is 12.4 Å². The average molecular weight is 864 g/mol. The molecular weight excluding hydrogens is 815 g/mol. The average Bonchev–Trinajstić information content (AvgIpc) is 3.90. The summed E-state index contributed by atoms with van der Waals surface area (Å²) in [5.74, 6) is 0.176. The van der Waals surface area contributed by atoms with E-state index in [4.69, 9.17) is 4.99 Å². The number of benzene rings is 9. The summed E-state index contributed by atoms with van der Waals surface area (Å²) in [6.45, 7) is 2.34. The predicted molar refractivity (Wildman–Crippen MR) is 281 cm³/mol. The maximum absolute atomic E-state index is 6.10. The number of aliphatic imine (C=N–C) groups is 1. The highest BCUT2D eigenvalue weighted by Crippen LogP contribution is 2.57. The van der Waals surface area contributed by atoms with Crippen LogP contribution in [0.5, 0.6) is 0 Å². The fraction of sp³-hybridized carbons (Fsp3) is 0.109. The lowest BCUT2D eigenvalue weighted by Crippen LogP contribution is -2.29. The van der Waals surface area contributed by atoms with Crippen molar-refractivity contribution in [3.8, 4) is 33.4 Å². The molecular formula is C64H49NS. The van der Waals surface area contributed by atoms with Gasteiger partial charge in [-0.25, -0.2) is 0 Å².